The summed E-state index contributed by atoms with van der Waals surface area (Å²) in [6, 6.07) is 0. The summed E-state index contributed by atoms with van der Waals surface area (Å²) in [5.74, 6) is -0.173. The zero-order valence-corrected chi connectivity index (χ0v) is 11.8. The molecule has 0 aromatic carbocycles. The van der Waals surface area contributed by atoms with Crippen LogP contribution in [0.4, 0.5) is 0 Å². The minimum Gasteiger partial charge on any atom is -0.469 e. The highest BCUT2D eigenvalue weighted by Gasteiger charge is 2.34. The number of rotatable bonds is 5. The third-order valence-corrected chi connectivity index (χ3v) is 3.77. The van der Waals surface area contributed by atoms with E-state index >= 15 is 0 Å². The Morgan fingerprint density at radius 2 is 2.11 bits per heavy atom. The molecule has 0 aromatic heterocycles. The largest absolute Gasteiger partial charge is 0.469 e. The fraction of sp³-hybridized carbons (Fsp3) is 0.846. The van der Waals surface area contributed by atoms with Crippen LogP contribution in [0, 0.1) is 11.3 Å². The van der Waals surface area contributed by atoms with Crippen LogP contribution in [0.25, 0.3) is 0 Å². The molecule has 18 heavy (non-hydrogen) atoms. The Morgan fingerprint density at radius 1 is 1.44 bits per heavy atom. The number of hydrogen-bond donors (Lipinski definition) is 1. The van der Waals surface area contributed by atoms with Crippen molar-refractivity contribution in [3.8, 4) is 0 Å². The van der Waals surface area contributed by atoms with E-state index in [1.807, 2.05) is 0 Å². The maximum absolute atomic E-state index is 11.5. The van der Waals surface area contributed by atoms with Gasteiger partial charge in [0.2, 0.25) is 5.91 Å². The van der Waals surface area contributed by atoms with Crippen molar-refractivity contribution >= 4 is 11.9 Å². The van der Waals surface area contributed by atoms with Crippen LogP contribution < -0.4 is 5.32 Å². The van der Waals surface area contributed by atoms with Gasteiger partial charge in [-0.05, 0) is 31.3 Å². The van der Waals surface area contributed by atoms with Crippen LogP contribution in [-0.2, 0) is 14.3 Å². The number of nitrogens with zero attached hydrogens (tertiary/aromatic N) is 1. The van der Waals surface area contributed by atoms with Crippen molar-refractivity contribution in [2.24, 2.45) is 11.3 Å². The van der Waals surface area contributed by atoms with Crippen LogP contribution in [0.1, 0.15) is 26.7 Å². The Kier molecular flexibility index (Phi) is 5.14. The lowest BCUT2D eigenvalue weighted by molar-refractivity contribution is -0.143. The molecule has 1 unspecified atom stereocenters. The van der Waals surface area contributed by atoms with Crippen molar-refractivity contribution < 1.29 is 14.3 Å². The highest BCUT2D eigenvalue weighted by molar-refractivity contribution is 5.94. The molecule has 1 atom stereocenters. The summed E-state index contributed by atoms with van der Waals surface area (Å²) >= 11 is 0. The SMILES string of the molecule is COC(=O)CC(=O)NCC(C)(C)C1CCN(C)C1. The zero-order valence-electron chi connectivity index (χ0n) is 11.8. The molecule has 0 aliphatic carbocycles. The second-order valence-electron chi connectivity index (χ2n) is 5.77. The van der Waals surface area contributed by atoms with Gasteiger partial charge < -0.3 is 15.0 Å². The maximum atomic E-state index is 11.5. The number of ether oxygens (including phenoxy) is 1. The normalized spacial score (nSPS) is 20.8. The van der Waals surface area contributed by atoms with Crippen molar-refractivity contribution in [3.63, 3.8) is 0 Å². The topological polar surface area (TPSA) is 58.6 Å². The summed E-state index contributed by atoms with van der Waals surface area (Å²) in [4.78, 5) is 24.8. The summed E-state index contributed by atoms with van der Waals surface area (Å²) in [7, 11) is 3.40. The fourth-order valence-electron chi connectivity index (χ4n) is 2.31. The van der Waals surface area contributed by atoms with Gasteiger partial charge >= 0.3 is 5.97 Å². The second kappa shape index (κ2) is 6.18. The standard InChI is InChI=1S/C13H24N2O3/c1-13(2,10-5-6-15(3)8-10)9-14-11(16)7-12(17)18-4/h10H,5-9H2,1-4H3,(H,14,16). The van der Waals surface area contributed by atoms with E-state index in [2.05, 4.69) is 35.8 Å². The van der Waals surface area contributed by atoms with Crippen LogP contribution >= 0.6 is 0 Å². The lowest BCUT2D eigenvalue weighted by Gasteiger charge is -2.31. The second-order valence-corrected chi connectivity index (χ2v) is 5.77. The highest BCUT2D eigenvalue weighted by Crippen LogP contribution is 2.33. The average Bonchev–Trinajstić information content (AvgIpc) is 2.74. The number of carbonyl (C=O) groups is 2. The molecular weight excluding hydrogens is 232 g/mol. The molecule has 1 saturated heterocycles. The van der Waals surface area contributed by atoms with E-state index in [1.165, 1.54) is 7.11 Å². The lowest BCUT2D eigenvalue weighted by Crippen LogP contribution is -2.40. The fourth-order valence-corrected chi connectivity index (χ4v) is 2.31. The van der Waals surface area contributed by atoms with Gasteiger partial charge in [-0.15, -0.1) is 0 Å². The molecule has 1 fully saturated rings. The zero-order chi connectivity index (χ0) is 13.8. The van der Waals surface area contributed by atoms with E-state index < -0.39 is 5.97 Å². The molecule has 1 amide bonds. The van der Waals surface area contributed by atoms with Gasteiger partial charge in [0.05, 0.1) is 7.11 Å². The molecule has 5 nitrogen and oxygen atoms in total. The number of hydrogen-bond acceptors (Lipinski definition) is 4. The first-order valence-corrected chi connectivity index (χ1v) is 6.37. The first-order chi connectivity index (χ1) is 8.35. The number of carbonyl (C=O) groups excluding carboxylic acids is 2. The number of nitrogens with one attached hydrogen (secondary N) is 1. The predicted molar refractivity (Wildman–Crippen MR) is 69.0 cm³/mol. The molecule has 5 heteroatoms. The average molecular weight is 256 g/mol. The van der Waals surface area contributed by atoms with Crippen LogP contribution in [0.2, 0.25) is 0 Å². The first-order valence-electron chi connectivity index (χ1n) is 6.37. The summed E-state index contributed by atoms with van der Waals surface area (Å²) < 4.78 is 4.46. The smallest absolute Gasteiger partial charge is 0.315 e. The molecule has 1 N–H and O–H groups in total. The molecule has 0 bridgehead atoms. The highest BCUT2D eigenvalue weighted by atomic mass is 16.5. The first kappa shape index (κ1) is 15.0. The van der Waals surface area contributed by atoms with Gasteiger partial charge in [-0.3, -0.25) is 9.59 Å². The third-order valence-electron chi connectivity index (χ3n) is 3.77. The van der Waals surface area contributed by atoms with Gasteiger partial charge in [0.1, 0.15) is 6.42 Å². The van der Waals surface area contributed by atoms with E-state index in [9.17, 15) is 9.59 Å². The minimum atomic E-state index is -0.495. The molecular formula is C13H24N2O3. The summed E-state index contributed by atoms with van der Waals surface area (Å²) in [6.07, 6.45) is 0.966. The van der Waals surface area contributed by atoms with Crippen LogP contribution in [-0.4, -0.2) is 50.6 Å². The summed E-state index contributed by atoms with van der Waals surface area (Å²) in [6.45, 7) is 7.11. The number of methoxy groups -OCH3 is 1. The Hall–Kier alpha value is -1.10. The quantitative estimate of drug-likeness (QED) is 0.579. The van der Waals surface area contributed by atoms with Gasteiger partial charge in [-0.1, -0.05) is 13.8 Å². The minimum absolute atomic E-state index is 0.0521. The molecule has 1 aliphatic heterocycles. The Bertz CT molecular complexity index is 315. The van der Waals surface area contributed by atoms with Crippen LogP contribution in [0.15, 0.2) is 0 Å². The Labute approximate surface area is 109 Å². The van der Waals surface area contributed by atoms with Crippen molar-refractivity contribution in [2.75, 3.05) is 33.8 Å². The monoisotopic (exact) mass is 256 g/mol. The van der Waals surface area contributed by atoms with E-state index in [0.29, 0.717) is 12.5 Å². The Balaban J connectivity index is 2.37. The van der Waals surface area contributed by atoms with Gasteiger partial charge in [0.15, 0.2) is 0 Å². The number of likely N-dealkylation sites (tertiary alicyclic amines) is 1. The van der Waals surface area contributed by atoms with Gasteiger partial charge in [0.25, 0.3) is 0 Å². The molecule has 0 spiro atoms. The van der Waals surface area contributed by atoms with Crippen molar-refractivity contribution in [1.29, 1.82) is 0 Å². The molecule has 1 heterocycles. The van der Waals surface area contributed by atoms with Crippen LogP contribution in [0.5, 0.6) is 0 Å². The summed E-state index contributed by atoms with van der Waals surface area (Å²) in [5, 5.41) is 2.82. The molecule has 0 saturated carbocycles. The van der Waals surface area contributed by atoms with Crippen molar-refractivity contribution in [2.45, 2.75) is 26.7 Å². The van der Waals surface area contributed by atoms with Gasteiger partial charge in [-0.25, -0.2) is 0 Å². The molecule has 1 aliphatic rings. The van der Waals surface area contributed by atoms with Gasteiger partial charge in [-0.2, -0.15) is 0 Å². The van der Waals surface area contributed by atoms with E-state index in [-0.39, 0.29) is 17.7 Å². The lowest BCUT2D eigenvalue weighted by atomic mass is 9.78. The van der Waals surface area contributed by atoms with E-state index in [1.54, 1.807) is 0 Å². The van der Waals surface area contributed by atoms with Gasteiger partial charge in [0, 0.05) is 13.1 Å². The molecule has 0 aromatic rings. The van der Waals surface area contributed by atoms with E-state index in [4.69, 9.17) is 0 Å². The maximum Gasteiger partial charge on any atom is 0.315 e. The van der Waals surface area contributed by atoms with E-state index in [0.717, 1.165) is 19.5 Å². The predicted octanol–water partition coefficient (Wildman–Crippen LogP) is 0.644. The molecule has 0 radical (unpaired) electrons. The van der Waals surface area contributed by atoms with Crippen LogP contribution in [0.3, 0.4) is 0 Å². The Morgan fingerprint density at radius 3 is 2.61 bits per heavy atom. The van der Waals surface area contributed by atoms with Crippen molar-refractivity contribution in [3.05, 3.63) is 0 Å². The number of esters is 1. The molecule has 104 valence electrons. The molecule has 1 rings (SSSR count). The number of amides is 1. The third kappa shape index (κ3) is 4.29. The summed E-state index contributed by atoms with van der Waals surface area (Å²) in [5.41, 5.74) is 0.0521. The van der Waals surface area contributed by atoms with Crippen molar-refractivity contribution in [1.82, 2.24) is 10.2 Å².